The monoisotopic (exact) mass is 209 g/mol. The smallest absolute Gasteiger partial charge is 0.230 e. The topological polar surface area (TPSA) is 43.1 Å². The number of nitrogens with two attached hydrogens (primary N) is 1. The van der Waals surface area contributed by atoms with Crippen LogP contribution < -0.4 is 5.73 Å². The summed E-state index contributed by atoms with van der Waals surface area (Å²) in [7, 11) is 0. The van der Waals surface area contributed by atoms with E-state index in [9.17, 15) is 4.79 Å². The lowest BCUT2D eigenvalue weighted by Gasteiger charge is -2.06. The summed E-state index contributed by atoms with van der Waals surface area (Å²) in [6.45, 7) is 1.85. The Balaban J connectivity index is 2.26. The van der Waals surface area contributed by atoms with Crippen LogP contribution in [0, 0.1) is 0 Å². The number of aryl methyl sites for hydroxylation is 1. The Morgan fingerprint density at radius 1 is 1.43 bits per heavy atom. The molecular formula is C11H15NOS. The van der Waals surface area contributed by atoms with Crippen molar-refractivity contribution < 1.29 is 4.79 Å². The quantitative estimate of drug-likeness (QED) is 0.804. The van der Waals surface area contributed by atoms with E-state index in [0.29, 0.717) is 0 Å². The maximum absolute atomic E-state index is 10.7. The minimum atomic E-state index is -0.233. The summed E-state index contributed by atoms with van der Waals surface area (Å²) < 4.78 is 0. The highest BCUT2D eigenvalue weighted by Gasteiger charge is 2.07. The van der Waals surface area contributed by atoms with Gasteiger partial charge in [-0.25, -0.2) is 0 Å². The van der Waals surface area contributed by atoms with Crippen LogP contribution in [0.2, 0.25) is 0 Å². The van der Waals surface area contributed by atoms with Crippen molar-refractivity contribution in [1.29, 1.82) is 0 Å². The second-order valence-corrected chi connectivity index (χ2v) is 4.60. The van der Waals surface area contributed by atoms with Crippen LogP contribution in [-0.2, 0) is 11.2 Å². The molecule has 0 spiro atoms. The molecule has 0 heterocycles. The molecule has 0 aliphatic carbocycles. The molecule has 0 aromatic heterocycles. The van der Waals surface area contributed by atoms with E-state index in [0.717, 1.165) is 12.2 Å². The summed E-state index contributed by atoms with van der Waals surface area (Å²) in [5, 5.41) is -0.0845. The summed E-state index contributed by atoms with van der Waals surface area (Å²) in [5.41, 5.74) is 6.46. The first kappa shape index (κ1) is 11.1. The Morgan fingerprint density at radius 2 is 2.07 bits per heavy atom. The van der Waals surface area contributed by atoms with E-state index in [4.69, 9.17) is 5.73 Å². The van der Waals surface area contributed by atoms with Gasteiger partial charge in [0.25, 0.3) is 0 Å². The van der Waals surface area contributed by atoms with Gasteiger partial charge in [-0.1, -0.05) is 30.3 Å². The second kappa shape index (κ2) is 5.70. The minimum Gasteiger partial charge on any atom is -0.369 e. The Bertz CT molecular complexity index is 287. The molecule has 1 aromatic rings. The van der Waals surface area contributed by atoms with E-state index in [-0.39, 0.29) is 11.2 Å². The zero-order chi connectivity index (χ0) is 10.4. The summed E-state index contributed by atoms with van der Waals surface area (Å²) in [4.78, 5) is 10.7. The fourth-order valence-corrected chi connectivity index (χ4v) is 1.95. The van der Waals surface area contributed by atoms with Crippen molar-refractivity contribution in [2.24, 2.45) is 5.73 Å². The molecule has 1 amide bonds. The van der Waals surface area contributed by atoms with Crippen LogP contribution in [-0.4, -0.2) is 16.9 Å². The van der Waals surface area contributed by atoms with Crippen molar-refractivity contribution in [2.45, 2.75) is 18.6 Å². The van der Waals surface area contributed by atoms with E-state index in [2.05, 4.69) is 12.1 Å². The molecule has 0 fully saturated rings. The molecule has 2 N–H and O–H groups in total. The predicted octanol–water partition coefficient (Wildman–Crippen LogP) is 1.84. The van der Waals surface area contributed by atoms with Gasteiger partial charge >= 0.3 is 0 Å². The van der Waals surface area contributed by atoms with Gasteiger partial charge in [-0.2, -0.15) is 0 Å². The summed E-state index contributed by atoms with van der Waals surface area (Å²) in [6, 6.07) is 10.2. The standard InChI is InChI=1S/C11H15NOS/c1-9(11(12)13)14-8-7-10-5-3-2-4-6-10/h2-6,9H,7-8H2,1H3,(H2,12,13). The molecule has 1 atom stereocenters. The van der Waals surface area contributed by atoms with E-state index < -0.39 is 0 Å². The lowest BCUT2D eigenvalue weighted by molar-refractivity contribution is -0.117. The maximum Gasteiger partial charge on any atom is 0.230 e. The van der Waals surface area contributed by atoms with Gasteiger partial charge in [0.2, 0.25) is 5.91 Å². The number of benzene rings is 1. The van der Waals surface area contributed by atoms with Gasteiger partial charge in [0.05, 0.1) is 5.25 Å². The van der Waals surface area contributed by atoms with Crippen molar-refractivity contribution in [3.63, 3.8) is 0 Å². The molecule has 0 bridgehead atoms. The van der Waals surface area contributed by atoms with E-state index in [1.165, 1.54) is 5.56 Å². The van der Waals surface area contributed by atoms with Crippen molar-refractivity contribution >= 4 is 17.7 Å². The highest BCUT2D eigenvalue weighted by atomic mass is 32.2. The van der Waals surface area contributed by atoms with Crippen molar-refractivity contribution in [3.05, 3.63) is 35.9 Å². The number of hydrogen-bond acceptors (Lipinski definition) is 2. The average Bonchev–Trinajstić information content (AvgIpc) is 2.19. The van der Waals surface area contributed by atoms with Crippen LogP contribution >= 0.6 is 11.8 Å². The first-order valence-electron chi connectivity index (χ1n) is 4.65. The number of amides is 1. The molecular weight excluding hydrogens is 194 g/mol. The van der Waals surface area contributed by atoms with Gasteiger partial charge in [0.15, 0.2) is 0 Å². The Labute approximate surface area is 88.9 Å². The van der Waals surface area contributed by atoms with Crippen LogP contribution in [0.3, 0.4) is 0 Å². The molecule has 1 rings (SSSR count). The third kappa shape index (κ3) is 3.83. The fourth-order valence-electron chi connectivity index (χ4n) is 1.08. The SMILES string of the molecule is CC(SCCc1ccccc1)C(N)=O. The van der Waals surface area contributed by atoms with Crippen LogP contribution in [0.1, 0.15) is 12.5 Å². The third-order valence-corrected chi connectivity index (χ3v) is 3.17. The largest absolute Gasteiger partial charge is 0.369 e. The molecule has 1 aromatic carbocycles. The zero-order valence-electron chi connectivity index (χ0n) is 8.27. The molecule has 1 unspecified atom stereocenters. The average molecular weight is 209 g/mol. The Morgan fingerprint density at radius 3 is 2.64 bits per heavy atom. The van der Waals surface area contributed by atoms with Crippen molar-refractivity contribution in [1.82, 2.24) is 0 Å². The van der Waals surface area contributed by atoms with Crippen LogP contribution in [0.15, 0.2) is 30.3 Å². The molecule has 0 aliphatic rings. The van der Waals surface area contributed by atoms with E-state index >= 15 is 0 Å². The van der Waals surface area contributed by atoms with E-state index in [1.807, 2.05) is 25.1 Å². The Hall–Kier alpha value is -0.960. The normalized spacial score (nSPS) is 12.4. The summed E-state index contributed by atoms with van der Waals surface area (Å²) in [5.74, 6) is 0.705. The lowest BCUT2D eigenvalue weighted by atomic mass is 10.2. The molecule has 0 aliphatic heterocycles. The number of rotatable bonds is 5. The fraction of sp³-hybridized carbons (Fsp3) is 0.364. The molecule has 76 valence electrons. The second-order valence-electron chi connectivity index (χ2n) is 3.15. The highest BCUT2D eigenvalue weighted by Crippen LogP contribution is 2.12. The Kier molecular flexibility index (Phi) is 4.53. The molecule has 2 nitrogen and oxygen atoms in total. The van der Waals surface area contributed by atoms with Gasteiger partial charge in [0.1, 0.15) is 0 Å². The van der Waals surface area contributed by atoms with Gasteiger partial charge in [-0.3, -0.25) is 4.79 Å². The van der Waals surface area contributed by atoms with Crippen LogP contribution in [0.25, 0.3) is 0 Å². The molecule has 0 radical (unpaired) electrons. The first-order valence-corrected chi connectivity index (χ1v) is 5.70. The molecule has 14 heavy (non-hydrogen) atoms. The number of thioether (sulfide) groups is 1. The minimum absolute atomic E-state index is 0.0845. The predicted molar refractivity (Wildman–Crippen MR) is 61.3 cm³/mol. The number of carbonyl (C=O) groups excluding carboxylic acids is 1. The summed E-state index contributed by atoms with van der Waals surface area (Å²) >= 11 is 1.60. The van der Waals surface area contributed by atoms with Gasteiger partial charge in [-0.05, 0) is 24.7 Å². The summed E-state index contributed by atoms with van der Waals surface area (Å²) in [6.07, 6.45) is 0.989. The molecule has 0 saturated heterocycles. The van der Waals surface area contributed by atoms with Crippen LogP contribution in [0.4, 0.5) is 0 Å². The highest BCUT2D eigenvalue weighted by molar-refractivity contribution is 8.00. The van der Waals surface area contributed by atoms with E-state index in [1.54, 1.807) is 11.8 Å². The van der Waals surface area contributed by atoms with Crippen LogP contribution in [0.5, 0.6) is 0 Å². The molecule has 3 heteroatoms. The lowest BCUT2D eigenvalue weighted by Crippen LogP contribution is -2.23. The van der Waals surface area contributed by atoms with Gasteiger partial charge in [-0.15, -0.1) is 11.8 Å². The third-order valence-electron chi connectivity index (χ3n) is 2.00. The number of hydrogen-bond donors (Lipinski definition) is 1. The van der Waals surface area contributed by atoms with Gasteiger partial charge < -0.3 is 5.73 Å². The zero-order valence-corrected chi connectivity index (χ0v) is 9.09. The van der Waals surface area contributed by atoms with Gasteiger partial charge in [0, 0.05) is 0 Å². The number of primary amides is 1. The maximum atomic E-state index is 10.7. The van der Waals surface area contributed by atoms with Crippen molar-refractivity contribution in [2.75, 3.05) is 5.75 Å². The number of carbonyl (C=O) groups is 1. The first-order chi connectivity index (χ1) is 6.70. The molecule has 0 saturated carbocycles. The van der Waals surface area contributed by atoms with Crippen molar-refractivity contribution in [3.8, 4) is 0 Å².